The molecular weight excluding hydrogens is 528 g/mol. The number of thioether (sulfide) groups is 1. The second-order valence-corrected chi connectivity index (χ2v) is 9.22. The Morgan fingerprint density at radius 3 is 2.45 bits per heavy atom. The lowest BCUT2D eigenvalue weighted by molar-refractivity contribution is -0.116. The van der Waals surface area contributed by atoms with E-state index in [4.69, 9.17) is 46.4 Å². The molecule has 172 valence electrons. The van der Waals surface area contributed by atoms with E-state index in [1.54, 1.807) is 47.0 Å². The Morgan fingerprint density at radius 1 is 1.03 bits per heavy atom. The molecule has 0 fully saturated rings. The van der Waals surface area contributed by atoms with Crippen molar-refractivity contribution >= 4 is 81.4 Å². The Balaban J connectivity index is 1.64. The molecule has 0 spiro atoms. The largest absolute Gasteiger partial charge is 0.325 e. The molecule has 1 heterocycles. The average Bonchev–Trinajstić information content (AvgIpc) is 3.10. The predicted octanol–water partition coefficient (Wildman–Crippen LogP) is 5.99. The van der Waals surface area contributed by atoms with Crippen LogP contribution in [0.1, 0.15) is 5.82 Å². The zero-order valence-corrected chi connectivity index (χ0v) is 20.8. The monoisotopic (exact) mass is 543 g/mol. The van der Waals surface area contributed by atoms with Gasteiger partial charge in [0, 0.05) is 22.3 Å². The summed E-state index contributed by atoms with van der Waals surface area (Å²) in [5.74, 6) is -0.149. The highest BCUT2D eigenvalue weighted by Crippen LogP contribution is 2.29. The molecule has 0 aliphatic carbocycles. The van der Waals surface area contributed by atoms with Gasteiger partial charge < -0.3 is 15.2 Å². The summed E-state index contributed by atoms with van der Waals surface area (Å²) in [5.41, 5.74) is 0.888. The fourth-order valence-electron chi connectivity index (χ4n) is 2.76. The highest BCUT2D eigenvalue weighted by atomic mass is 35.5. The molecule has 0 saturated carbocycles. The Kier molecular flexibility index (Phi) is 9.05. The van der Waals surface area contributed by atoms with Crippen molar-refractivity contribution in [3.8, 4) is 0 Å². The van der Waals surface area contributed by atoms with Gasteiger partial charge in [0.15, 0.2) is 5.16 Å². The van der Waals surface area contributed by atoms with E-state index in [0.717, 1.165) is 0 Å². The zero-order valence-electron chi connectivity index (χ0n) is 16.9. The number of hydrogen-bond acceptors (Lipinski definition) is 5. The van der Waals surface area contributed by atoms with Gasteiger partial charge in [-0.2, -0.15) is 0 Å². The number of nitrogens with one attached hydrogen (secondary N) is 2. The number of aromatic nitrogens is 3. The van der Waals surface area contributed by atoms with E-state index in [1.165, 1.54) is 11.8 Å². The van der Waals surface area contributed by atoms with E-state index in [2.05, 4.69) is 27.4 Å². The fourth-order valence-corrected chi connectivity index (χ4v) is 4.40. The number of halogens is 4. The maximum atomic E-state index is 12.5. The van der Waals surface area contributed by atoms with Gasteiger partial charge in [-0.05, 0) is 30.3 Å². The molecule has 0 bridgehead atoms. The number of amides is 2. The summed E-state index contributed by atoms with van der Waals surface area (Å²) in [6, 6.07) is 9.72. The Morgan fingerprint density at radius 2 is 1.76 bits per heavy atom. The van der Waals surface area contributed by atoms with Crippen molar-refractivity contribution < 1.29 is 9.59 Å². The second-order valence-electron chi connectivity index (χ2n) is 6.62. The Bertz CT molecular complexity index is 1180. The van der Waals surface area contributed by atoms with Gasteiger partial charge in [0.05, 0.1) is 27.9 Å². The normalized spacial score (nSPS) is 10.7. The summed E-state index contributed by atoms with van der Waals surface area (Å²) in [6.07, 6.45) is 1.59. The first-order valence-electron chi connectivity index (χ1n) is 9.42. The summed E-state index contributed by atoms with van der Waals surface area (Å²) in [7, 11) is 0. The van der Waals surface area contributed by atoms with Crippen molar-refractivity contribution in [3.05, 3.63) is 75.0 Å². The number of benzene rings is 2. The number of carbonyl (C=O) groups excluding carboxylic acids is 2. The van der Waals surface area contributed by atoms with Crippen molar-refractivity contribution in [1.82, 2.24) is 14.8 Å². The quantitative estimate of drug-likeness (QED) is 0.255. The van der Waals surface area contributed by atoms with Crippen LogP contribution in [0.5, 0.6) is 0 Å². The van der Waals surface area contributed by atoms with Crippen LogP contribution in [0.4, 0.5) is 11.4 Å². The summed E-state index contributed by atoms with van der Waals surface area (Å²) in [4.78, 5) is 24.9. The lowest BCUT2D eigenvalue weighted by Crippen LogP contribution is -2.18. The van der Waals surface area contributed by atoms with Gasteiger partial charge in [-0.25, -0.2) is 0 Å². The molecule has 33 heavy (non-hydrogen) atoms. The van der Waals surface area contributed by atoms with Gasteiger partial charge in [-0.1, -0.05) is 70.3 Å². The van der Waals surface area contributed by atoms with Crippen LogP contribution in [-0.4, -0.2) is 32.3 Å². The molecule has 0 atom stereocenters. The van der Waals surface area contributed by atoms with Crippen molar-refractivity contribution in [2.24, 2.45) is 0 Å². The molecule has 0 saturated heterocycles. The molecule has 2 aromatic carbocycles. The van der Waals surface area contributed by atoms with E-state index in [-0.39, 0.29) is 29.0 Å². The minimum atomic E-state index is -0.344. The van der Waals surface area contributed by atoms with Crippen LogP contribution in [0, 0.1) is 0 Å². The molecule has 2 N–H and O–H groups in total. The summed E-state index contributed by atoms with van der Waals surface area (Å²) >= 11 is 25.2. The van der Waals surface area contributed by atoms with Gasteiger partial charge in [0.2, 0.25) is 11.8 Å². The second kappa shape index (κ2) is 11.8. The third kappa shape index (κ3) is 7.12. The van der Waals surface area contributed by atoms with E-state index in [0.29, 0.717) is 44.0 Å². The standard InChI is InChI=1S/C21H17Cl4N5O2S/c1-2-6-30-17(10-18(31)27-16-5-3-4-15(24)20(16)25)28-29-21(30)33-11-19(32)26-14-8-12(22)7-13(23)9-14/h2-5,7-9H,1,6,10-11H2,(H,26,32)(H,27,31). The van der Waals surface area contributed by atoms with E-state index in [9.17, 15) is 9.59 Å². The third-order valence-electron chi connectivity index (χ3n) is 4.13. The first kappa shape index (κ1) is 25.4. The number of rotatable bonds is 9. The van der Waals surface area contributed by atoms with Crippen LogP contribution in [-0.2, 0) is 22.6 Å². The fraction of sp³-hybridized carbons (Fsp3) is 0.143. The lowest BCUT2D eigenvalue weighted by atomic mass is 10.3. The Hall–Kier alpha value is -2.23. The molecule has 3 aromatic rings. The molecule has 0 aliphatic heterocycles. The first-order chi connectivity index (χ1) is 15.8. The van der Waals surface area contributed by atoms with E-state index < -0.39 is 0 Å². The molecule has 7 nitrogen and oxygen atoms in total. The van der Waals surface area contributed by atoms with Gasteiger partial charge in [-0.3, -0.25) is 9.59 Å². The Labute approximate surface area is 214 Å². The number of carbonyl (C=O) groups is 2. The first-order valence-corrected chi connectivity index (χ1v) is 11.9. The van der Waals surface area contributed by atoms with Gasteiger partial charge >= 0.3 is 0 Å². The SMILES string of the molecule is C=CCn1c(CC(=O)Nc2cccc(Cl)c2Cl)nnc1SCC(=O)Nc1cc(Cl)cc(Cl)c1. The number of allylic oxidation sites excluding steroid dienone is 1. The molecule has 0 aliphatic rings. The number of nitrogens with zero attached hydrogens (tertiary/aromatic N) is 3. The molecule has 1 aromatic heterocycles. The summed E-state index contributed by atoms with van der Waals surface area (Å²) in [6.45, 7) is 4.09. The minimum Gasteiger partial charge on any atom is -0.325 e. The van der Waals surface area contributed by atoms with Crippen molar-refractivity contribution in [1.29, 1.82) is 0 Å². The minimum absolute atomic E-state index is 0.0581. The van der Waals surface area contributed by atoms with Crippen molar-refractivity contribution in [2.75, 3.05) is 16.4 Å². The van der Waals surface area contributed by atoms with E-state index >= 15 is 0 Å². The molecule has 0 unspecified atom stereocenters. The van der Waals surface area contributed by atoms with Gasteiger partial charge in [0.1, 0.15) is 5.82 Å². The van der Waals surface area contributed by atoms with Gasteiger partial charge in [-0.15, -0.1) is 16.8 Å². The lowest BCUT2D eigenvalue weighted by Gasteiger charge is -2.10. The molecule has 0 radical (unpaired) electrons. The smallest absolute Gasteiger partial charge is 0.234 e. The van der Waals surface area contributed by atoms with E-state index in [1.807, 2.05) is 0 Å². The maximum Gasteiger partial charge on any atom is 0.234 e. The van der Waals surface area contributed by atoms with Crippen LogP contribution in [0.2, 0.25) is 20.1 Å². The number of anilines is 2. The molecule has 3 rings (SSSR count). The highest BCUT2D eigenvalue weighted by Gasteiger charge is 2.17. The third-order valence-corrected chi connectivity index (χ3v) is 6.35. The number of hydrogen-bond donors (Lipinski definition) is 2. The van der Waals surface area contributed by atoms with Gasteiger partial charge in [0.25, 0.3) is 0 Å². The predicted molar refractivity (Wildman–Crippen MR) is 135 cm³/mol. The summed E-state index contributed by atoms with van der Waals surface area (Å²) in [5, 5.41) is 15.5. The molecule has 2 amide bonds. The average molecular weight is 545 g/mol. The maximum absolute atomic E-state index is 12.5. The summed E-state index contributed by atoms with van der Waals surface area (Å²) < 4.78 is 1.71. The van der Waals surface area contributed by atoms with Crippen molar-refractivity contribution in [2.45, 2.75) is 18.1 Å². The van der Waals surface area contributed by atoms with Crippen molar-refractivity contribution in [3.63, 3.8) is 0 Å². The highest BCUT2D eigenvalue weighted by molar-refractivity contribution is 7.99. The zero-order chi connectivity index (χ0) is 24.0. The van der Waals surface area contributed by atoms with Crippen LogP contribution in [0.25, 0.3) is 0 Å². The van der Waals surface area contributed by atoms with Crippen LogP contribution in [0.15, 0.2) is 54.2 Å². The molecule has 12 heteroatoms. The topological polar surface area (TPSA) is 88.9 Å². The van der Waals surface area contributed by atoms with Crippen LogP contribution in [0.3, 0.4) is 0 Å². The molecular formula is C21H17Cl4N5O2S. The van der Waals surface area contributed by atoms with Crippen LogP contribution >= 0.6 is 58.2 Å². The van der Waals surface area contributed by atoms with Crippen LogP contribution < -0.4 is 10.6 Å².